The van der Waals surface area contributed by atoms with Crippen LogP contribution in [0.3, 0.4) is 0 Å². The molecule has 0 amide bonds. The lowest BCUT2D eigenvalue weighted by molar-refractivity contribution is 0.241. The Morgan fingerprint density at radius 1 is 0.947 bits per heavy atom. The molecule has 2 N–H and O–H groups in total. The van der Waals surface area contributed by atoms with Gasteiger partial charge in [0.1, 0.15) is 0 Å². The molecule has 0 aliphatic carbocycles. The molecule has 0 spiro atoms. The predicted octanol–water partition coefficient (Wildman–Crippen LogP) is 2.69. The van der Waals surface area contributed by atoms with Gasteiger partial charge in [-0.1, -0.05) is 60.2 Å². The van der Waals surface area contributed by atoms with Gasteiger partial charge in [0.05, 0.1) is 6.61 Å². The first-order valence-corrected chi connectivity index (χ1v) is 6.71. The van der Waals surface area contributed by atoms with Crippen molar-refractivity contribution < 1.29 is 5.11 Å². The fourth-order valence-electron chi connectivity index (χ4n) is 2.07. The molecule has 2 heteroatoms. The zero-order valence-electron chi connectivity index (χ0n) is 11.3. The number of hydrogen-bond donors (Lipinski definition) is 2. The van der Waals surface area contributed by atoms with Crippen molar-refractivity contribution in [2.75, 3.05) is 6.61 Å². The Labute approximate surface area is 115 Å². The van der Waals surface area contributed by atoms with Crippen LogP contribution in [0.4, 0.5) is 0 Å². The predicted molar refractivity (Wildman–Crippen MR) is 79.0 cm³/mol. The van der Waals surface area contributed by atoms with E-state index < -0.39 is 0 Å². The third-order valence-electron chi connectivity index (χ3n) is 3.26. The van der Waals surface area contributed by atoms with Crippen molar-refractivity contribution in [1.29, 1.82) is 0 Å². The van der Waals surface area contributed by atoms with Gasteiger partial charge in [-0.2, -0.15) is 0 Å². The van der Waals surface area contributed by atoms with Crippen LogP contribution in [0.15, 0.2) is 54.6 Å². The smallest absolute Gasteiger partial charge is 0.0587 e. The van der Waals surface area contributed by atoms with Crippen LogP contribution >= 0.6 is 0 Å². The molecule has 1 atom stereocenters. The van der Waals surface area contributed by atoms with E-state index >= 15 is 0 Å². The van der Waals surface area contributed by atoms with E-state index in [9.17, 15) is 5.11 Å². The number of hydrogen-bond acceptors (Lipinski definition) is 2. The first-order valence-electron chi connectivity index (χ1n) is 6.71. The Morgan fingerprint density at radius 2 is 1.63 bits per heavy atom. The summed E-state index contributed by atoms with van der Waals surface area (Å²) in [5.74, 6) is 0. The summed E-state index contributed by atoms with van der Waals surface area (Å²) in [6.45, 7) is 3.03. The van der Waals surface area contributed by atoms with Gasteiger partial charge in [0.25, 0.3) is 0 Å². The zero-order valence-corrected chi connectivity index (χ0v) is 11.3. The zero-order chi connectivity index (χ0) is 13.5. The molecule has 0 bridgehead atoms. The molecule has 100 valence electrons. The second-order valence-electron chi connectivity index (χ2n) is 4.94. The maximum atomic E-state index is 9.45. The maximum Gasteiger partial charge on any atom is 0.0587 e. The van der Waals surface area contributed by atoms with Gasteiger partial charge < -0.3 is 10.4 Å². The highest BCUT2D eigenvalue weighted by Gasteiger charge is 2.07. The molecule has 0 aliphatic heterocycles. The number of aryl methyl sites for hydroxylation is 1. The molecule has 2 nitrogen and oxygen atoms in total. The number of nitrogens with one attached hydrogen (secondary N) is 1. The molecule has 0 heterocycles. The highest BCUT2D eigenvalue weighted by Crippen LogP contribution is 2.06. The summed E-state index contributed by atoms with van der Waals surface area (Å²) in [7, 11) is 0. The molecule has 0 radical (unpaired) electrons. The fraction of sp³-hybridized carbons (Fsp3) is 0.294. The van der Waals surface area contributed by atoms with E-state index in [1.807, 2.05) is 18.2 Å². The van der Waals surface area contributed by atoms with Crippen LogP contribution in [0, 0.1) is 6.92 Å². The molecule has 19 heavy (non-hydrogen) atoms. The molecule has 0 aromatic heterocycles. The monoisotopic (exact) mass is 255 g/mol. The van der Waals surface area contributed by atoms with E-state index in [0.29, 0.717) is 0 Å². The Hall–Kier alpha value is -1.64. The molecule has 0 aliphatic rings. The van der Waals surface area contributed by atoms with Gasteiger partial charge >= 0.3 is 0 Å². The largest absolute Gasteiger partial charge is 0.395 e. The molecular weight excluding hydrogens is 234 g/mol. The van der Waals surface area contributed by atoms with E-state index in [1.165, 1.54) is 16.7 Å². The van der Waals surface area contributed by atoms with Crippen molar-refractivity contribution in [2.24, 2.45) is 0 Å². The summed E-state index contributed by atoms with van der Waals surface area (Å²) in [6, 6.07) is 18.8. The Morgan fingerprint density at radius 3 is 2.26 bits per heavy atom. The third kappa shape index (κ3) is 4.51. The second-order valence-corrected chi connectivity index (χ2v) is 4.94. The summed E-state index contributed by atoms with van der Waals surface area (Å²) >= 11 is 0. The lowest BCUT2D eigenvalue weighted by Gasteiger charge is -2.16. The Balaban J connectivity index is 1.87. The van der Waals surface area contributed by atoms with Crippen molar-refractivity contribution in [3.63, 3.8) is 0 Å². The first kappa shape index (κ1) is 13.8. The second kappa shape index (κ2) is 7.07. The van der Waals surface area contributed by atoms with Crippen molar-refractivity contribution in [3.8, 4) is 0 Å². The average Bonchev–Trinajstić information content (AvgIpc) is 2.46. The quantitative estimate of drug-likeness (QED) is 0.832. The number of aliphatic hydroxyl groups is 1. The maximum absolute atomic E-state index is 9.45. The minimum Gasteiger partial charge on any atom is -0.395 e. The average molecular weight is 255 g/mol. The first-order chi connectivity index (χ1) is 9.28. The minimum atomic E-state index is 0.101. The molecule has 0 fully saturated rings. The van der Waals surface area contributed by atoms with Crippen molar-refractivity contribution >= 4 is 0 Å². The molecule has 2 rings (SSSR count). The van der Waals surface area contributed by atoms with E-state index in [2.05, 4.69) is 48.6 Å². The SMILES string of the molecule is Cc1ccc(CNC(CO)Cc2ccccc2)cc1. The third-order valence-corrected chi connectivity index (χ3v) is 3.26. The minimum absolute atomic E-state index is 0.101. The van der Waals surface area contributed by atoms with Crippen LogP contribution in [-0.4, -0.2) is 17.8 Å². The van der Waals surface area contributed by atoms with Gasteiger partial charge in [0, 0.05) is 12.6 Å². The van der Waals surface area contributed by atoms with E-state index in [-0.39, 0.29) is 12.6 Å². The molecule has 1 unspecified atom stereocenters. The Kier molecular flexibility index (Phi) is 5.13. The number of benzene rings is 2. The fourth-order valence-corrected chi connectivity index (χ4v) is 2.07. The summed E-state index contributed by atoms with van der Waals surface area (Å²) in [5, 5.41) is 12.9. The highest BCUT2D eigenvalue weighted by molar-refractivity contribution is 5.21. The summed E-state index contributed by atoms with van der Waals surface area (Å²) < 4.78 is 0. The van der Waals surface area contributed by atoms with Crippen LogP contribution in [-0.2, 0) is 13.0 Å². The number of aliphatic hydroxyl groups excluding tert-OH is 1. The lowest BCUT2D eigenvalue weighted by atomic mass is 10.1. The molecular formula is C17H21NO. The van der Waals surface area contributed by atoms with E-state index in [4.69, 9.17) is 0 Å². The topological polar surface area (TPSA) is 32.3 Å². The summed E-state index contributed by atoms with van der Waals surface area (Å²) in [6.07, 6.45) is 0.850. The lowest BCUT2D eigenvalue weighted by Crippen LogP contribution is -2.34. The van der Waals surface area contributed by atoms with Gasteiger partial charge in [0.2, 0.25) is 0 Å². The molecule has 0 saturated carbocycles. The van der Waals surface area contributed by atoms with Gasteiger partial charge in [-0.15, -0.1) is 0 Å². The van der Waals surface area contributed by atoms with Gasteiger partial charge in [-0.05, 0) is 24.5 Å². The van der Waals surface area contributed by atoms with E-state index in [1.54, 1.807) is 0 Å². The van der Waals surface area contributed by atoms with Crippen molar-refractivity contribution in [1.82, 2.24) is 5.32 Å². The van der Waals surface area contributed by atoms with Crippen LogP contribution < -0.4 is 5.32 Å². The molecule has 0 saturated heterocycles. The van der Waals surface area contributed by atoms with Gasteiger partial charge in [0.15, 0.2) is 0 Å². The summed E-state index contributed by atoms with van der Waals surface area (Å²) in [5.41, 5.74) is 3.77. The number of rotatable bonds is 6. The van der Waals surface area contributed by atoms with Crippen LogP contribution in [0.5, 0.6) is 0 Å². The van der Waals surface area contributed by atoms with Gasteiger partial charge in [-0.3, -0.25) is 0 Å². The standard InChI is InChI=1S/C17H21NO/c1-14-7-9-16(10-8-14)12-18-17(13-19)11-15-5-3-2-4-6-15/h2-10,17-19H,11-13H2,1H3. The van der Waals surface area contributed by atoms with Crippen LogP contribution in [0.1, 0.15) is 16.7 Å². The molecule has 2 aromatic rings. The summed E-state index contributed by atoms with van der Waals surface area (Å²) in [4.78, 5) is 0. The van der Waals surface area contributed by atoms with Crippen LogP contribution in [0.2, 0.25) is 0 Å². The molecule has 2 aromatic carbocycles. The van der Waals surface area contributed by atoms with Crippen molar-refractivity contribution in [2.45, 2.75) is 25.9 Å². The highest BCUT2D eigenvalue weighted by atomic mass is 16.3. The van der Waals surface area contributed by atoms with Crippen LogP contribution in [0.25, 0.3) is 0 Å². The Bertz CT molecular complexity index is 478. The van der Waals surface area contributed by atoms with Gasteiger partial charge in [-0.25, -0.2) is 0 Å². The van der Waals surface area contributed by atoms with Crippen molar-refractivity contribution in [3.05, 3.63) is 71.3 Å². The van der Waals surface area contributed by atoms with E-state index in [0.717, 1.165) is 13.0 Å². The normalized spacial score (nSPS) is 12.3.